The summed E-state index contributed by atoms with van der Waals surface area (Å²) in [6, 6.07) is 11.1. The van der Waals surface area contributed by atoms with E-state index in [0.29, 0.717) is 31.1 Å². The Morgan fingerprint density at radius 1 is 1.16 bits per heavy atom. The van der Waals surface area contributed by atoms with Crippen LogP contribution in [0.2, 0.25) is 0 Å². The second kappa shape index (κ2) is 13.0. The Balaban J connectivity index is 1.99. The maximum absolute atomic E-state index is 11.3. The van der Waals surface area contributed by atoms with Gasteiger partial charge in [-0.15, -0.1) is 0 Å². The number of rotatable bonds is 10. The molecule has 170 valence electrons. The van der Waals surface area contributed by atoms with Gasteiger partial charge in [-0.25, -0.2) is 4.79 Å². The van der Waals surface area contributed by atoms with E-state index in [9.17, 15) is 9.90 Å². The molecule has 1 atom stereocenters. The number of carbonyl (C=O) groups is 1. The van der Waals surface area contributed by atoms with Crippen LogP contribution < -0.4 is 14.2 Å². The Morgan fingerprint density at radius 3 is 2.41 bits per heavy atom. The van der Waals surface area contributed by atoms with Crippen LogP contribution in [0.25, 0.3) is 0 Å². The highest BCUT2D eigenvalue weighted by atomic mass is 127. The third-order valence-electron chi connectivity index (χ3n) is 4.44. The van der Waals surface area contributed by atoms with Gasteiger partial charge in [0.05, 0.1) is 17.8 Å². The lowest BCUT2D eigenvalue weighted by Gasteiger charge is -2.13. The molecule has 0 aliphatic rings. The van der Waals surface area contributed by atoms with Gasteiger partial charge in [0.15, 0.2) is 6.10 Å². The van der Waals surface area contributed by atoms with Gasteiger partial charge < -0.3 is 24.1 Å². The molecule has 0 aliphatic heterocycles. The highest BCUT2D eigenvalue weighted by Crippen LogP contribution is 2.24. The minimum absolute atomic E-state index is 0.309. The van der Waals surface area contributed by atoms with E-state index in [0.717, 1.165) is 26.0 Å². The molecule has 7 heteroatoms. The monoisotopic (exact) mass is 550 g/mol. The van der Waals surface area contributed by atoms with E-state index in [1.165, 1.54) is 0 Å². The van der Waals surface area contributed by atoms with Crippen LogP contribution in [0.1, 0.15) is 25.0 Å². The summed E-state index contributed by atoms with van der Waals surface area (Å²) in [5.41, 5.74) is 2.56. The van der Waals surface area contributed by atoms with Crippen LogP contribution in [-0.2, 0) is 16.0 Å². The van der Waals surface area contributed by atoms with Crippen molar-refractivity contribution in [3.05, 3.63) is 62.7 Å². The van der Waals surface area contributed by atoms with Crippen LogP contribution in [0.15, 0.2) is 48.0 Å². The Kier molecular flexibility index (Phi) is 10.4. The molecule has 1 unspecified atom stereocenters. The van der Waals surface area contributed by atoms with Gasteiger partial charge in [0.2, 0.25) is 0 Å². The standard InChI is InChI=1S/C25H27IO6/c1-5-31-24(25(27)28)15-19-8-9-23(22(26)14-19)32-11-10-17(2)6-7-18-12-20(29-3)16-21(13-18)30-4/h8-10,12-14,16,24H,5,11,15H2,1-4H3,(H,27,28). The van der Waals surface area contributed by atoms with Crippen molar-refractivity contribution in [1.82, 2.24) is 0 Å². The third kappa shape index (κ3) is 8.09. The second-order valence-corrected chi connectivity index (χ2v) is 7.96. The van der Waals surface area contributed by atoms with E-state index in [1.54, 1.807) is 27.2 Å². The summed E-state index contributed by atoms with van der Waals surface area (Å²) in [5, 5.41) is 9.24. The maximum atomic E-state index is 11.3. The summed E-state index contributed by atoms with van der Waals surface area (Å²) >= 11 is 2.18. The molecule has 0 aromatic heterocycles. The molecule has 32 heavy (non-hydrogen) atoms. The van der Waals surface area contributed by atoms with Crippen molar-refractivity contribution in [2.75, 3.05) is 27.4 Å². The first-order valence-corrected chi connectivity index (χ1v) is 11.1. The fourth-order valence-corrected chi connectivity index (χ4v) is 3.51. The van der Waals surface area contributed by atoms with E-state index in [-0.39, 0.29) is 0 Å². The number of hydrogen-bond acceptors (Lipinski definition) is 5. The second-order valence-electron chi connectivity index (χ2n) is 6.80. The molecule has 2 aromatic rings. The van der Waals surface area contributed by atoms with Crippen molar-refractivity contribution in [2.24, 2.45) is 0 Å². The summed E-state index contributed by atoms with van der Waals surface area (Å²) in [5.74, 6) is 7.35. The Bertz CT molecular complexity index is 997. The van der Waals surface area contributed by atoms with Crippen molar-refractivity contribution in [3.63, 3.8) is 0 Å². The molecule has 0 spiro atoms. The average molecular weight is 550 g/mol. The van der Waals surface area contributed by atoms with Crippen molar-refractivity contribution >= 4 is 28.6 Å². The van der Waals surface area contributed by atoms with Crippen LogP contribution in [-0.4, -0.2) is 44.6 Å². The zero-order valence-electron chi connectivity index (χ0n) is 18.6. The van der Waals surface area contributed by atoms with E-state index >= 15 is 0 Å². The first-order chi connectivity index (χ1) is 15.4. The minimum atomic E-state index is -0.962. The fraction of sp³-hybridized carbons (Fsp3) is 0.320. The fourth-order valence-electron chi connectivity index (χ4n) is 2.78. The van der Waals surface area contributed by atoms with Crippen molar-refractivity contribution < 1.29 is 28.8 Å². The smallest absolute Gasteiger partial charge is 0.333 e. The predicted octanol–water partition coefficient (Wildman–Crippen LogP) is 4.72. The lowest BCUT2D eigenvalue weighted by atomic mass is 10.1. The summed E-state index contributed by atoms with van der Waals surface area (Å²) in [6.45, 7) is 4.43. The SMILES string of the molecule is CCOC(Cc1ccc(OCC=C(C)C#Cc2cc(OC)cc(OC)c2)c(I)c1)C(=O)O. The van der Waals surface area contributed by atoms with E-state index in [1.807, 2.05) is 43.3 Å². The van der Waals surface area contributed by atoms with Gasteiger partial charge >= 0.3 is 5.97 Å². The number of ether oxygens (including phenoxy) is 4. The lowest BCUT2D eigenvalue weighted by Crippen LogP contribution is -2.26. The minimum Gasteiger partial charge on any atom is -0.497 e. The Labute approximate surface area is 202 Å². The third-order valence-corrected chi connectivity index (χ3v) is 5.29. The first-order valence-electron chi connectivity index (χ1n) is 10.0. The Morgan fingerprint density at radius 2 is 1.84 bits per heavy atom. The number of halogens is 1. The highest BCUT2D eigenvalue weighted by Gasteiger charge is 2.18. The normalized spacial score (nSPS) is 11.8. The van der Waals surface area contributed by atoms with Crippen molar-refractivity contribution in [2.45, 2.75) is 26.4 Å². The molecule has 0 aliphatic carbocycles. The van der Waals surface area contributed by atoms with Crippen molar-refractivity contribution in [1.29, 1.82) is 0 Å². The zero-order chi connectivity index (χ0) is 23.5. The summed E-state index contributed by atoms with van der Waals surface area (Å²) < 4.78 is 22.6. The summed E-state index contributed by atoms with van der Waals surface area (Å²) in [7, 11) is 3.21. The average Bonchev–Trinajstić information content (AvgIpc) is 2.78. The molecule has 2 rings (SSSR count). The van der Waals surface area contributed by atoms with Gasteiger partial charge in [0, 0.05) is 24.7 Å². The van der Waals surface area contributed by atoms with Gasteiger partial charge in [-0.05, 0) is 77.9 Å². The van der Waals surface area contributed by atoms with Gasteiger partial charge in [0.25, 0.3) is 0 Å². The maximum Gasteiger partial charge on any atom is 0.333 e. The molecule has 0 fully saturated rings. The number of allylic oxidation sites excluding steroid dienone is 1. The van der Waals surface area contributed by atoms with E-state index in [2.05, 4.69) is 34.4 Å². The molecule has 0 bridgehead atoms. The number of carboxylic acid groups (broad SMARTS) is 1. The van der Waals surface area contributed by atoms with Crippen LogP contribution in [0.5, 0.6) is 17.2 Å². The first kappa shape index (κ1) is 25.6. The molecular weight excluding hydrogens is 523 g/mol. The highest BCUT2D eigenvalue weighted by molar-refractivity contribution is 14.1. The molecule has 6 nitrogen and oxygen atoms in total. The van der Waals surface area contributed by atoms with Gasteiger partial charge in [-0.2, -0.15) is 0 Å². The van der Waals surface area contributed by atoms with Gasteiger partial charge in [-0.1, -0.05) is 17.9 Å². The van der Waals surface area contributed by atoms with Crippen LogP contribution in [0.4, 0.5) is 0 Å². The van der Waals surface area contributed by atoms with E-state index < -0.39 is 12.1 Å². The number of benzene rings is 2. The molecule has 1 N–H and O–H groups in total. The molecule has 2 aromatic carbocycles. The quantitative estimate of drug-likeness (QED) is 0.341. The zero-order valence-corrected chi connectivity index (χ0v) is 20.8. The molecule has 0 saturated heterocycles. The topological polar surface area (TPSA) is 74.2 Å². The summed E-state index contributed by atoms with van der Waals surface area (Å²) in [6.07, 6.45) is 1.36. The van der Waals surface area contributed by atoms with Crippen molar-refractivity contribution in [3.8, 4) is 29.1 Å². The molecule has 0 radical (unpaired) electrons. The molecule has 0 heterocycles. The van der Waals surface area contributed by atoms with Gasteiger partial charge in [0.1, 0.15) is 23.9 Å². The number of aliphatic carboxylic acids is 1. The molecule has 0 saturated carbocycles. The predicted molar refractivity (Wildman–Crippen MR) is 132 cm³/mol. The molecule has 0 amide bonds. The van der Waals surface area contributed by atoms with Crippen LogP contribution in [0, 0.1) is 15.4 Å². The van der Waals surface area contributed by atoms with Crippen LogP contribution in [0.3, 0.4) is 0 Å². The lowest BCUT2D eigenvalue weighted by molar-refractivity contribution is -0.149. The van der Waals surface area contributed by atoms with Gasteiger partial charge in [-0.3, -0.25) is 0 Å². The Hall–Kier alpha value is -2.70. The number of hydrogen-bond donors (Lipinski definition) is 1. The largest absolute Gasteiger partial charge is 0.497 e. The van der Waals surface area contributed by atoms with E-state index in [4.69, 9.17) is 18.9 Å². The number of methoxy groups -OCH3 is 2. The number of carboxylic acids is 1. The molecular formula is C25H27IO6. The van der Waals surface area contributed by atoms with Crippen LogP contribution >= 0.6 is 22.6 Å². The summed E-state index contributed by atoms with van der Waals surface area (Å²) in [4.78, 5) is 11.3.